The van der Waals surface area contributed by atoms with Crippen LogP contribution in [0.25, 0.3) is 0 Å². The minimum atomic E-state index is -1.25. The summed E-state index contributed by atoms with van der Waals surface area (Å²) in [4.78, 5) is 15.5. The zero-order valence-electron chi connectivity index (χ0n) is 18.3. The number of nitrogens with zero attached hydrogens (tertiary/aromatic N) is 1. The van der Waals surface area contributed by atoms with Crippen molar-refractivity contribution in [2.75, 3.05) is 17.3 Å². The molecule has 2 heterocycles. The number of hydrogen-bond donors (Lipinski definition) is 2. The van der Waals surface area contributed by atoms with Gasteiger partial charge in [0, 0.05) is 22.0 Å². The first kappa shape index (κ1) is 22.4. The van der Waals surface area contributed by atoms with Gasteiger partial charge >= 0.3 is 0 Å². The summed E-state index contributed by atoms with van der Waals surface area (Å²) in [6.45, 7) is 1.80. The van der Waals surface area contributed by atoms with E-state index in [0.29, 0.717) is 33.0 Å². The predicted octanol–water partition coefficient (Wildman–Crippen LogP) is 5.29. The van der Waals surface area contributed by atoms with E-state index in [4.69, 9.17) is 33.3 Å². The van der Waals surface area contributed by atoms with Crippen LogP contribution in [0.3, 0.4) is 0 Å². The lowest BCUT2D eigenvalue weighted by atomic mass is 9.78. The molecular formula is C25H21ClFN3O3S. The average Bonchev–Trinajstić information content (AvgIpc) is 2.81. The van der Waals surface area contributed by atoms with Gasteiger partial charge in [-0.25, -0.2) is 4.39 Å². The second kappa shape index (κ2) is 8.45. The molecule has 34 heavy (non-hydrogen) atoms. The van der Waals surface area contributed by atoms with E-state index < -0.39 is 17.7 Å². The van der Waals surface area contributed by atoms with Crippen LogP contribution in [0.15, 0.2) is 66.7 Å². The molecule has 0 radical (unpaired) electrons. The molecule has 0 aromatic heterocycles. The predicted molar refractivity (Wildman–Crippen MR) is 133 cm³/mol. The molecule has 2 aliphatic heterocycles. The number of hydrogen-bond acceptors (Lipinski definition) is 4. The largest absolute Gasteiger partial charge is 0.493 e. The monoisotopic (exact) mass is 497 g/mol. The fourth-order valence-electron chi connectivity index (χ4n) is 4.66. The number of para-hydroxylation sites is 1. The Morgan fingerprint density at radius 2 is 1.88 bits per heavy atom. The van der Waals surface area contributed by atoms with Gasteiger partial charge in [-0.1, -0.05) is 23.7 Å². The number of amides is 1. The van der Waals surface area contributed by atoms with Crippen molar-refractivity contribution in [3.05, 3.63) is 83.1 Å². The third-order valence-corrected chi connectivity index (χ3v) is 6.74. The molecule has 9 heteroatoms. The van der Waals surface area contributed by atoms with Crippen molar-refractivity contribution in [1.29, 1.82) is 0 Å². The van der Waals surface area contributed by atoms with Crippen LogP contribution in [0, 0.1) is 11.7 Å². The van der Waals surface area contributed by atoms with E-state index in [-0.39, 0.29) is 11.7 Å². The summed E-state index contributed by atoms with van der Waals surface area (Å²) >= 11 is 11.7. The maximum Gasteiger partial charge on any atom is 0.236 e. The van der Waals surface area contributed by atoms with Crippen LogP contribution in [-0.2, 0) is 4.79 Å². The van der Waals surface area contributed by atoms with Gasteiger partial charge in [-0.15, -0.1) is 0 Å². The van der Waals surface area contributed by atoms with Crippen molar-refractivity contribution < 1.29 is 18.7 Å². The van der Waals surface area contributed by atoms with Crippen molar-refractivity contribution in [2.45, 2.75) is 18.7 Å². The summed E-state index contributed by atoms with van der Waals surface area (Å²) < 4.78 is 25.8. The molecule has 6 nitrogen and oxygen atoms in total. The second-order valence-corrected chi connectivity index (χ2v) is 9.07. The topological polar surface area (TPSA) is 62.8 Å². The minimum absolute atomic E-state index is 0.273. The van der Waals surface area contributed by atoms with Crippen molar-refractivity contribution >= 4 is 46.2 Å². The van der Waals surface area contributed by atoms with Gasteiger partial charge in [-0.05, 0) is 73.7 Å². The summed E-state index contributed by atoms with van der Waals surface area (Å²) in [5, 5.41) is 7.22. The molecule has 2 bridgehead atoms. The Labute approximate surface area is 206 Å². The van der Waals surface area contributed by atoms with Gasteiger partial charge < -0.3 is 20.1 Å². The highest BCUT2D eigenvalue weighted by molar-refractivity contribution is 7.80. The van der Waals surface area contributed by atoms with Gasteiger partial charge in [0.25, 0.3) is 0 Å². The number of halogens is 2. The van der Waals surface area contributed by atoms with Crippen LogP contribution in [0.1, 0.15) is 18.5 Å². The van der Waals surface area contributed by atoms with E-state index in [2.05, 4.69) is 10.6 Å². The molecule has 0 unspecified atom stereocenters. The average molecular weight is 498 g/mol. The summed E-state index contributed by atoms with van der Waals surface area (Å²) in [6.07, 6.45) is 0. The highest BCUT2D eigenvalue weighted by atomic mass is 35.5. The summed E-state index contributed by atoms with van der Waals surface area (Å²) in [5.41, 5.74) is 0.697. The lowest BCUT2D eigenvalue weighted by molar-refractivity contribution is -0.130. The first-order valence-corrected chi connectivity index (χ1v) is 11.4. The van der Waals surface area contributed by atoms with Crippen LogP contribution in [0.2, 0.25) is 5.02 Å². The molecule has 1 saturated heterocycles. The number of carbonyl (C=O) groups excluding carboxylic acids is 1. The van der Waals surface area contributed by atoms with Crippen molar-refractivity contribution in [1.82, 2.24) is 5.32 Å². The van der Waals surface area contributed by atoms with Gasteiger partial charge in [-0.2, -0.15) is 0 Å². The van der Waals surface area contributed by atoms with Crippen LogP contribution in [-0.4, -0.2) is 23.9 Å². The van der Waals surface area contributed by atoms with Crippen LogP contribution in [0.4, 0.5) is 15.8 Å². The molecule has 2 N–H and O–H groups in total. The van der Waals surface area contributed by atoms with Gasteiger partial charge in [0.15, 0.2) is 22.3 Å². The van der Waals surface area contributed by atoms with Crippen LogP contribution in [0.5, 0.6) is 11.5 Å². The lowest BCUT2D eigenvalue weighted by Gasteiger charge is -2.56. The number of benzene rings is 3. The van der Waals surface area contributed by atoms with Gasteiger partial charge in [0.2, 0.25) is 5.91 Å². The van der Waals surface area contributed by atoms with E-state index in [1.807, 2.05) is 12.1 Å². The van der Waals surface area contributed by atoms with Crippen molar-refractivity contribution in [3.63, 3.8) is 0 Å². The molecule has 3 aromatic carbocycles. The summed E-state index contributed by atoms with van der Waals surface area (Å²) in [7, 11) is 1.56. The first-order valence-electron chi connectivity index (χ1n) is 10.6. The summed E-state index contributed by atoms with van der Waals surface area (Å²) in [6, 6.07) is 17.8. The number of thiocarbonyl (C=S) groups is 1. The fraction of sp³-hybridized carbons (Fsp3) is 0.200. The fourth-order valence-corrected chi connectivity index (χ4v) is 5.20. The number of methoxy groups -OCH3 is 1. The molecule has 0 saturated carbocycles. The van der Waals surface area contributed by atoms with E-state index in [1.54, 1.807) is 61.4 Å². The first-order chi connectivity index (χ1) is 16.3. The smallest absolute Gasteiger partial charge is 0.236 e. The number of ether oxygens (including phenoxy) is 2. The molecule has 3 atom stereocenters. The molecule has 174 valence electrons. The molecule has 0 spiro atoms. The number of carbonyl (C=O) groups is 1. The minimum Gasteiger partial charge on any atom is -0.493 e. The molecule has 2 aliphatic rings. The number of fused-ring (bicyclic) bond motifs is 4. The second-order valence-electron chi connectivity index (χ2n) is 8.25. The third kappa shape index (κ3) is 3.63. The quantitative estimate of drug-likeness (QED) is 0.478. The molecule has 0 aliphatic carbocycles. The van der Waals surface area contributed by atoms with E-state index in [9.17, 15) is 9.18 Å². The Bertz CT molecular complexity index is 1270. The van der Waals surface area contributed by atoms with E-state index in [0.717, 1.165) is 5.56 Å². The Kier molecular flexibility index (Phi) is 5.58. The molecule has 3 aromatic rings. The van der Waals surface area contributed by atoms with Gasteiger partial charge in [0.05, 0.1) is 13.2 Å². The highest BCUT2D eigenvalue weighted by Gasteiger charge is 2.59. The normalized spacial score (nSPS) is 22.8. The molecular weight excluding hydrogens is 477 g/mol. The Balaban J connectivity index is 1.64. The molecule has 1 amide bonds. The van der Waals surface area contributed by atoms with Crippen LogP contribution < -0.4 is 25.0 Å². The van der Waals surface area contributed by atoms with Gasteiger partial charge in [0.1, 0.15) is 11.7 Å². The highest BCUT2D eigenvalue weighted by Crippen LogP contribution is 2.52. The Morgan fingerprint density at radius 3 is 2.56 bits per heavy atom. The number of nitrogens with one attached hydrogen (secondary N) is 2. The number of anilines is 2. The van der Waals surface area contributed by atoms with Crippen molar-refractivity contribution in [3.8, 4) is 11.5 Å². The maximum atomic E-state index is 13.7. The lowest BCUT2D eigenvalue weighted by Crippen LogP contribution is -2.72. The van der Waals surface area contributed by atoms with E-state index in [1.165, 1.54) is 12.1 Å². The van der Waals surface area contributed by atoms with Crippen molar-refractivity contribution in [2.24, 2.45) is 5.92 Å². The molecule has 5 rings (SSSR count). The Hall–Kier alpha value is -3.36. The zero-order chi connectivity index (χ0) is 24.0. The standard InChI is InChI=1S/C25H21ClFN3O3S/c1-25-20(23(31)28-16-10-6-14(26)7-11-16)21(18-4-3-5-19(32-2)22(18)33-25)29-24(34)30(25)17-12-8-15(27)9-13-17/h3-13,20-21H,1-2H3,(H,28,31)(H,29,34)/t20-,21+,25+/m0/s1. The Morgan fingerprint density at radius 1 is 1.18 bits per heavy atom. The molecule has 1 fully saturated rings. The summed E-state index contributed by atoms with van der Waals surface area (Å²) in [5.74, 6) is -0.324. The third-order valence-electron chi connectivity index (χ3n) is 6.19. The van der Waals surface area contributed by atoms with Gasteiger partial charge in [-0.3, -0.25) is 9.69 Å². The zero-order valence-corrected chi connectivity index (χ0v) is 19.9. The van der Waals surface area contributed by atoms with E-state index >= 15 is 0 Å². The maximum absolute atomic E-state index is 13.7. The number of rotatable bonds is 4. The SMILES string of the molecule is COc1cccc2c1O[C@]1(C)[C@H](C(=O)Nc3ccc(Cl)cc3)[C@@H]2NC(=S)N1c1ccc(F)cc1. The van der Waals surface area contributed by atoms with Crippen LogP contribution >= 0.6 is 23.8 Å².